The molecule has 198 valence electrons. The molecule has 0 amide bonds. The smallest absolute Gasteiger partial charge is 0.274 e. The Morgan fingerprint density at radius 3 is 2.69 bits per heavy atom. The van der Waals surface area contributed by atoms with Crippen LogP contribution < -0.4 is 9.86 Å². The molecule has 8 nitrogen and oxygen atoms in total. The Bertz CT molecular complexity index is 1080. The van der Waals surface area contributed by atoms with Crippen LogP contribution in [-0.4, -0.2) is 64.0 Å². The Balaban J connectivity index is 1.44. The predicted molar refractivity (Wildman–Crippen MR) is 140 cm³/mol. The van der Waals surface area contributed by atoms with Crippen LogP contribution in [0.5, 0.6) is 0 Å². The zero-order chi connectivity index (χ0) is 25.1. The Morgan fingerprint density at radius 1 is 1.09 bits per heavy atom. The Labute approximate surface area is 211 Å². The van der Waals surface area contributed by atoms with Gasteiger partial charge in [-0.25, -0.2) is 18.3 Å². The monoisotopic (exact) mass is 526 g/mol. The van der Waals surface area contributed by atoms with E-state index in [1.807, 2.05) is 0 Å². The van der Waals surface area contributed by atoms with Gasteiger partial charge in [-0.2, -0.15) is 12.7 Å². The number of nitrogens with zero attached hydrogens (tertiary/aromatic N) is 2. The van der Waals surface area contributed by atoms with Crippen molar-refractivity contribution in [2.45, 2.75) is 83.2 Å². The molecule has 0 aromatic heterocycles. The first-order valence-corrected chi connectivity index (χ1v) is 16.5. The number of aryl methyl sites for hydroxylation is 1. The van der Waals surface area contributed by atoms with Crippen molar-refractivity contribution in [3.8, 4) is 0 Å². The van der Waals surface area contributed by atoms with Crippen LogP contribution in [0.2, 0.25) is 0 Å². The minimum absolute atomic E-state index is 0.0147. The van der Waals surface area contributed by atoms with E-state index in [9.17, 15) is 16.8 Å². The summed E-state index contributed by atoms with van der Waals surface area (Å²) in [5, 5.41) is 4.96. The average Bonchev–Trinajstić information content (AvgIpc) is 2.82. The highest BCUT2D eigenvalue weighted by Crippen LogP contribution is 2.43. The largest absolute Gasteiger partial charge is 0.296 e. The van der Waals surface area contributed by atoms with Crippen molar-refractivity contribution in [1.29, 1.82) is 0 Å². The minimum Gasteiger partial charge on any atom is -0.296 e. The van der Waals surface area contributed by atoms with Crippen molar-refractivity contribution in [1.82, 2.24) is 13.9 Å². The summed E-state index contributed by atoms with van der Waals surface area (Å²) >= 11 is 0. The molecule has 2 fully saturated rings. The van der Waals surface area contributed by atoms with E-state index in [1.54, 1.807) is 4.31 Å². The molecule has 3 heterocycles. The number of benzene rings is 1. The summed E-state index contributed by atoms with van der Waals surface area (Å²) in [7, 11) is -7.27. The summed E-state index contributed by atoms with van der Waals surface area (Å²) in [5.74, 6) is 0.294. The molecule has 1 aromatic carbocycles. The molecule has 0 saturated carbocycles. The standard InChI is InChI=1S/C25H42N4O4S2/c1-2-3-4-5-8-20-10-11-23-21(17-20)12-15-28-19-22-9-6-14-29(24(22)18-25(23)28)34(30,31)16-7-13-27-35(26,32)33/h10-11,17,22,24-25,27H,2-9,12-16,18-19H2,1H3,(H2,26,32,33)/t22-,24+,25+/m1/s1. The van der Waals surface area contributed by atoms with Crippen molar-refractivity contribution in [2.75, 3.05) is 31.9 Å². The van der Waals surface area contributed by atoms with E-state index >= 15 is 0 Å². The lowest BCUT2D eigenvalue weighted by atomic mass is 9.77. The second-order valence-electron chi connectivity index (χ2n) is 10.5. The number of unbranched alkanes of at least 4 members (excludes halogenated alkanes) is 3. The third-order valence-electron chi connectivity index (χ3n) is 8.04. The maximum atomic E-state index is 13.3. The van der Waals surface area contributed by atoms with Gasteiger partial charge in [0.1, 0.15) is 0 Å². The van der Waals surface area contributed by atoms with Crippen LogP contribution in [0.4, 0.5) is 0 Å². The first-order valence-electron chi connectivity index (χ1n) is 13.3. The van der Waals surface area contributed by atoms with Crippen molar-refractivity contribution in [3.05, 3.63) is 34.9 Å². The van der Waals surface area contributed by atoms with Crippen LogP contribution in [0, 0.1) is 5.92 Å². The van der Waals surface area contributed by atoms with Gasteiger partial charge < -0.3 is 0 Å². The summed E-state index contributed by atoms with van der Waals surface area (Å²) in [6.07, 6.45) is 10.3. The molecule has 3 aliphatic heterocycles. The van der Waals surface area contributed by atoms with E-state index < -0.39 is 20.2 Å². The maximum absolute atomic E-state index is 13.3. The second kappa shape index (κ2) is 11.6. The summed E-state index contributed by atoms with van der Waals surface area (Å²) in [6.45, 7) is 4.83. The van der Waals surface area contributed by atoms with Crippen LogP contribution in [-0.2, 0) is 33.1 Å². The van der Waals surface area contributed by atoms with Crippen LogP contribution in [0.15, 0.2) is 18.2 Å². The molecule has 0 spiro atoms. The maximum Gasteiger partial charge on any atom is 0.274 e. The highest BCUT2D eigenvalue weighted by molar-refractivity contribution is 7.89. The Hall–Kier alpha value is -1.04. The molecule has 0 bridgehead atoms. The number of fused-ring (bicyclic) bond motifs is 4. The number of nitrogens with two attached hydrogens (primary N) is 1. The van der Waals surface area contributed by atoms with Crippen LogP contribution >= 0.6 is 0 Å². The fourth-order valence-corrected chi connectivity index (χ4v) is 8.56. The zero-order valence-electron chi connectivity index (χ0n) is 21.0. The van der Waals surface area contributed by atoms with E-state index in [2.05, 4.69) is 34.7 Å². The van der Waals surface area contributed by atoms with Gasteiger partial charge in [0.2, 0.25) is 10.0 Å². The van der Waals surface area contributed by atoms with Crippen LogP contribution in [0.3, 0.4) is 0 Å². The summed E-state index contributed by atoms with van der Waals surface area (Å²) < 4.78 is 52.6. The molecular weight excluding hydrogens is 484 g/mol. The van der Waals surface area contributed by atoms with Gasteiger partial charge in [0.25, 0.3) is 10.2 Å². The highest BCUT2D eigenvalue weighted by Gasteiger charge is 2.45. The molecule has 0 aliphatic carbocycles. The number of hydrogen-bond acceptors (Lipinski definition) is 5. The first-order chi connectivity index (χ1) is 16.7. The molecule has 1 aromatic rings. The van der Waals surface area contributed by atoms with Gasteiger partial charge in [-0.15, -0.1) is 0 Å². The molecule has 10 heteroatoms. The molecule has 4 rings (SSSR count). The summed E-state index contributed by atoms with van der Waals surface area (Å²) in [6, 6.07) is 7.28. The molecule has 3 aliphatic rings. The van der Waals surface area contributed by atoms with E-state index in [0.29, 0.717) is 12.5 Å². The van der Waals surface area contributed by atoms with Crippen molar-refractivity contribution < 1.29 is 16.8 Å². The SMILES string of the molecule is CCCCCCc1ccc2c(c1)CCN1C[C@H]3CCCN(S(=O)(=O)CCCNS(N)(=O)=O)[C@H]3C[C@@H]21. The van der Waals surface area contributed by atoms with Gasteiger partial charge in [-0.05, 0) is 67.6 Å². The number of sulfonamides is 1. The molecule has 3 atom stereocenters. The van der Waals surface area contributed by atoms with E-state index in [4.69, 9.17) is 5.14 Å². The van der Waals surface area contributed by atoms with E-state index in [-0.39, 0.29) is 30.8 Å². The number of rotatable bonds is 11. The number of nitrogens with one attached hydrogen (secondary N) is 1. The summed E-state index contributed by atoms with van der Waals surface area (Å²) in [5.41, 5.74) is 4.25. The van der Waals surface area contributed by atoms with Crippen LogP contribution in [0.1, 0.15) is 81.0 Å². The van der Waals surface area contributed by atoms with Gasteiger partial charge in [0.05, 0.1) is 5.75 Å². The van der Waals surface area contributed by atoms with Gasteiger partial charge in [-0.1, -0.05) is 44.4 Å². The first kappa shape index (κ1) is 27.0. The topological polar surface area (TPSA) is 113 Å². The van der Waals surface area contributed by atoms with Gasteiger partial charge in [0, 0.05) is 38.3 Å². The van der Waals surface area contributed by atoms with E-state index in [0.717, 1.165) is 45.2 Å². The van der Waals surface area contributed by atoms with Gasteiger partial charge in [-0.3, -0.25) is 4.90 Å². The zero-order valence-corrected chi connectivity index (χ0v) is 22.6. The Morgan fingerprint density at radius 2 is 1.91 bits per heavy atom. The fraction of sp³-hybridized carbons (Fsp3) is 0.760. The predicted octanol–water partition coefficient (Wildman–Crippen LogP) is 2.71. The van der Waals surface area contributed by atoms with E-state index in [1.165, 1.54) is 42.4 Å². The lowest BCUT2D eigenvalue weighted by molar-refractivity contribution is 0.0220. The molecule has 3 N–H and O–H groups in total. The molecule has 35 heavy (non-hydrogen) atoms. The van der Waals surface area contributed by atoms with Gasteiger partial charge >= 0.3 is 0 Å². The molecule has 0 unspecified atom stereocenters. The van der Waals surface area contributed by atoms with Crippen molar-refractivity contribution in [3.63, 3.8) is 0 Å². The molecule has 0 radical (unpaired) electrons. The normalized spacial score (nSPS) is 25.6. The second-order valence-corrected chi connectivity index (χ2v) is 13.9. The molecular formula is C25H42N4O4S2. The minimum atomic E-state index is -3.80. The van der Waals surface area contributed by atoms with Crippen molar-refractivity contribution >= 4 is 20.2 Å². The molecule has 2 saturated heterocycles. The highest BCUT2D eigenvalue weighted by atomic mass is 32.2. The Kier molecular flexibility index (Phi) is 8.92. The quantitative estimate of drug-likeness (QED) is 0.431. The lowest BCUT2D eigenvalue weighted by Crippen LogP contribution is -2.57. The number of piperidine rings is 2. The van der Waals surface area contributed by atoms with Gasteiger partial charge in [0.15, 0.2) is 0 Å². The van der Waals surface area contributed by atoms with Crippen LogP contribution in [0.25, 0.3) is 0 Å². The lowest BCUT2D eigenvalue weighted by Gasteiger charge is -2.51. The summed E-state index contributed by atoms with van der Waals surface area (Å²) in [4.78, 5) is 2.58. The average molecular weight is 527 g/mol. The third kappa shape index (κ3) is 6.84. The van der Waals surface area contributed by atoms with Crippen molar-refractivity contribution in [2.24, 2.45) is 11.1 Å². The fourth-order valence-electron chi connectivity index (χ4n) is 6.31. The third-order valence-corrected chi connectivity index (χ3v) is 10.6. The number of hydrogen-bond donors (Lipinski definition) is 2.